The van der Waals surface area contributed by atoms with Crippen molar-refractivity contribution in [3.8, 4) is 0 Å². The van der Waals surface area contributed by atoms with Crippen molar-refractivity contribution in [3.05, 3.63) is 65.0 Å². The second kappa shape index (κ2) is 6.39. The van der Waals surface area contributed by atoms with Crippen molar-refractivity contribution < 1.29 is 13.9 Å². The van der Waals surface area contributed by atoms with Gasteiger partial charge in [-0.25, -0.2) is 9.18 Å². The fourth-order valence-electron chi connectivity index (χ4n) is 2.32. The van der Waals surface area contributed by atoms with Gasteiger partial charge < -0.3 is 10.1 Å². The predicted molar refractivity (Wildman–Crippen MR) is 80.7 cm³/mol. The summed E-state index contributed by atoms with van der Waals surface area (Å²) in [5, 5.41) is 3.03. The molecule has 0 aliphatic heterocycles. The number of nitrogens with one attached hydrogen (secondary N) is 1. The van der Waals surface area contributed by atoms with Crippen LogP contribution in [0.4, 0.5) is 10.1 Å². The van der Waals surface area contributed by atoms with Crippen molar-refractivity contribution in [3.63, 3.8) is 0 Å². The van der Waals surface area contributed by atoms with Crippen molar-refractivity contribution in [2.24, 2.45) is 0 Å². The van der Waals surface area contributed by atoms with Crippen LogP contribution in [0.2, 0.25) is 0 Å². The number of ether oxygens (including phenoxy) is 1. The molecule has 0 radical (unpaired) electrons. The van der Waals surface area contributed by atoms with Crippen LogP contribution in [0, 0.1) is 19.7 Å². The summed E-state index contributed by atoms with van der Waals surface area (Å²) in [6.07, 6.45) is 0. The minimum Gasteiger partial charge on any atom is -0.467 e. The van der Waals surface area contributed by atoms with Gasteiger partial charge in [0.1, 0.15) is 5.82 Å². The molecule has 0 amide bonds. The van der Waals surface area contributed by atoms with Gasteiger partial charge in [0.25, 0.3) is 0 Å². The van der Waals surface area contributed by atoms with E-state index in [1.807, 2.05) is 32.0 Å². The molecular weight excluding hydrogens is 269 g/mol. The third-order valence-corrected chi connectivity index (χ3v) is 3.15. The quantitative estimate of drug-likeness (QED) is 0.870. The third kappa shape index (κ3) is 3.81. The summed E-state index contributed by atoms with van der Waals surface area (Å²) < 4.78 is 18.1. The molecule has 0 saturated heterocycles. The zero-order valence-corrected chi connectivity index (χ0v) is 12.3. The third-order valence-electron chi connectivity index (χ3n) is 3.15. The monoisotopic (exact) mass is 287 g/mol. The van der Waals surface area contributed by atoms with Crippen LogP contribution in [-0.2, 0) is 9.53 Å². The Morgan fingerprint density at radius 1 is 1.14 bits per heavy atom. The van der Waals surface area contributed by atoms with E-state index in [4.69, 9.17) is 4.74 Å². The van der Waals surface area contributed by atoms with Crippen LogP contribution in [0.1, 0.15) is 22.7 Å². The van der Waals surface area contributed by atoms with E-state index in [2.05, 4.69) is 5.32 Å². The average Bonchev–Trinajstić information content (AvgIpc) is 2.43. The lowest BCUT2D eigenvalue weighted by Gasteiger charge is -2.19. The first-order chi connectivity index (χ1) is 9.99. The normalized spacial score (nSPS) is 11.8. The smallest absolute Gasteiger partial charge is 0.332 e. The van der Waals surface area contributed by atoms with Gasteiger partial charge in [-0.05, 0) is 37.6 Å². The van der Waals surface area contributed by atoms with E-state index < -0.39 is 12.0 Å². The van der Waals surface area contributed by atoms with E-state index in [9.17, 15) is 9.18 Å². The van der Waals surface area contributed by atoms with Crippen LogP contribution < -0.4 is 5.32 Å². The summed E-state index contributed by atoms with van der Waals surface area (Å²) in [6, 6.07) is 11.2. The molecule has 0 aliphatic rings. The Hall–Kier alpha value is -2.36. The van der Waals surface area contributed by atoms with Crippen molar-refractivity contribution in [1.82, 2.24) is 0 Å². The molecule has 21 heavy (non-hydrogen) atoms. The lowest BCUT2D eigenvalue weighted by Crippen LogP contribution is -2.22. The maximum absolute atomic E-state index is 13.3. The molecule has 3 nitrogen and oxygen atoms in total. The molecule has 0 bridgehead atoms. The van der Waals surface area contributed by atoms with E-state index in [0.717, 1.165) is 16.7 Å². The fraction of sp³-hybridized carbons (Fsp3) is 0.235. The Balaban J connectivity index is 2.36. The second-order valence-electron chi connectivity index (χ2n) is 5.03. The van der Waals surface area contributed by atoms with Crippen LogP contribution in [0.25, 0.3) is 0 Å². The van der Waals surface area contributed by atoms with Gasteiger partial charge >= 0.3 is 5.97 Å². The van der Waals surface area contributed by atoms with Gasteiger partial charge in [-0.2, -0.15) is 0 Å². The highest BCUT2D eigenvalue weighted by Crippen LogP contribution is 2.23. The second-order valence-corrected chi connectivity index (χ2v) is 5.03. The molecule has 1 N–H and O–H groups in total. The SMILES string of the molecule is COC(=O)C(Nc1cccc(F)c1)c1cc(C)cc(C)c1. The summed E-state index contributed by atoms with van der Waals surface area (Å²) in [6.45, 7) is 3.93. The molecule has 1 atom stereocenters. The molecule has 1 unspecified atom stereocenters. The maximum atomic E-state index is 13.3. The summed E-state index contributed by atoms with van der Waals surface area (Å²) in [4.78, 5) is 12.0. The Morgan fingerprint density at radius 2 is 1.81 bits per heavy atom. The van der Waals surface area contributed by atoms with Gasteiger partial charge in [0.05, 0.1) is 7.11 Å². The lowest BCUT2D eigenvalue weighted by molar-refractivity contribution is -0.141. The van der Waals surface area contributed by atoms with E-state index in [1.165, 1.54) is 19.2 Å². The highest BCUT2D eigenvalue weighted by atomic mass is 19.1. The molecule has 0 aromatic heterocycles. The van der Waals surface area contributed by atoms with Gasteiger partial charge in [-0.15, -0.1) is 0 Å². The van der Waals surface area contributed by atoms with Crippen molar-refractivity contribution >= 4 is 11.7 Å². The average molecular weight is 287 g/mol. The van der Waals surface area contributed by atoms with Gasteiger partial charge in [-0.3, -0.25) is 0 Å². The Labute approximate surface area is 123 Å². The highest BCUT2D eigenvalue weighted by Gasteiger charge is 2.22. The number of rotatable bonds is 4. The van der Waals surface area contributed by atoms with E-state index >= 15 is 0 Å². The highest BCUT2D eigenvalue weighted by molar-refractivity contribution is 5.81. The van der Waals surface area contributed by atoms with Gasteiger partial charge in [-0.1, -0.05) is 35.4 Å². The minimum absolute atomic E-state index is 0.357. The number of carbonyl (C=O) groups is 1. The number of halogens is 1. The molecule has 110 valence electrons. The summed E-state index contributed by atoms with van der Waals surface area (Å²) in [5.74, 6) is -0.770. The number of benzene rings is 2. The van der Waals surface area contributed by atoms with E-state index in [0.29, 0.717) is 5.69 Å². The number of hydrogen-bond acceptors (Lipinski definition) is 3. The van der Waals surface area contributed by atoms with Crippen molar-refractivity contribution in [2.45, 2.75) is 19.9 Å². The standard InChI is InChI=1S/C17H18FNO2/c1-11-7-12(2)9-13(8-11)16(17(20)21-3)19-15-6-4-5-14(18)10-15/h4-10,16,19H,1-3H3. The zero-order chi connectivity index (χ0) is 15.4. The van der Waals surface area contributed by atoms with Crippen molar-refractivity contribution in [2.75, 3.05) is 12.4 Å². The van der Waals surface area contributed by atoms with Gasteiger partial charge in [0.15, 0.2) is 6.04 Å². The number of hydrogen-bond donors (Lipinski definition) is 1. The first-order valence-corrected chi connectivity index (χ1v) is 6.67. The Morgan fingerprint density at radius 3 is 2.38 bits per heavy atom. The minimum atomic E-state index is -0.671. The first kappa shape index (κ1) is 15.0. The number of carbonyl (C=O) groups excluding carboxylic acids is 1. The van der Waals surface area contributed by atoms with Crippen LogP contribution in [0.3, 0.4) is 0 Å². The molecule has 0 aliphatic carbocycles. The number of aryl methyl sites for hydroxylation is 2. The molecule has 2 rings (SSSR count). The maximum Gasteiger partial charge on any atom is 0.332 e. The van der Waals surface area contributed by atoms with Crippen LogP contribution >= 0.6 is 0 Å². The summed E-state index contributed by atoms with van der Waals surface area (Å²) >= 11 is 0. The predicted octanol–water partition coefficient (Wildman–Crippen LogP) is 3.77. The van der Waals surface area contributed by atoms with Crippen LogP contribution in [-0.4, -0.2) is 13.1 Å². The summed E-state index contributed by atoms with van der Waals surface area (Å²) in [7, 11) is 1.34. The largest absolute Gasteiger partial charge is 0.467 e. The first-order valence-electron chi connectivity index (χ1n) is 6.67. The lowest BCUT2D eigenvalue weighted by atomic mass is 10.0. The Bertz CT molecular complexity index is 635. The van der Waals surface area contributed by atoms with Crippen LogP contribution in [0.5, 0.6) is 0 Å². The summed E-state index contributed by atoms with van der Waals surface area (Å²) in [5.41, 5.74) is 3.44. The molecule has 0 heterocycles. The molecule has 0 fully saturated rings. The molecular formula is C17H18FNO2. The fourth-order valence-corrected chi connectivity index (χ4v) is 2.32. The Kier molecular flexibility index (Phi) is 4.58. The van der Waals surface area contributed by atoms with Crippen molar-refractivity contribution in [1.29, 1.82) is 0 Å². The van der Waals surface area contributed by atoms with Gasteiger partial charge in [0, 0.05) is 5.69 Å². The van der Waals surface area contributed by atoms with Crippen LogP contribution in [0.15, 0.2) is 42.5 Å². The van der Waals surface area contributed by atoms with E-state index in [-0.39, 0.29) is 5.82 Å². The van der Waals surface area contributed by atoms with E-state index in [1.54, 1.807) is 12.1 Å². The molecule has 2 aromatic carbocycles. The zero-order valence-electron chi connectivity index (χ0n) is 12.3. The number of esters is 1. The number of anilines is 1. The molecule has 2 aromatic rings. The number of methoxy groups -OCH3 is 1. The van der Waals surface area contributed by atoms with Gasteiger partial charge in [0.2, 0.25) is 0 Å². The molecule has 0 spiro atoms. The topological polar surface area (TPSA) is 38.3 Å². The molecule has 0 saturated carbocycles. The molecule has 4 heteroatoms.